The minimum Gasteiger partial charge on any atom is -0.379 e. The van der Waals surface area contributed by atoms with Gasteiger partial charge in [-0.05, 0) is 59.7 Å². The normalized spacial score (nSPS) is 14.9. The van der Waals surface area contributed by atoms with Crippen molar-refractivity contribution in [2.45, 2.75) is 13.2 Å². The number of alkyl halides is 1. The maximum absolute atomic E-state index is 13.7. The summed E-state index contributed by atoms with van der Waals surface area (Å²) < 4.78 is 18.6. The molecule has 0 saturated carbocycles. The molecular formula is C39H43FN6O4S. The van der Waals surface area contributed by atoms with Crippen molar-refractivity contribution in [2.75, 3.05) is 81.3 Å². The number of nitrogens with zero attached hydrogens (tertiary/aromatic N) is 4. The molecule has 1 aromatic heterocycles. The third-order valence-corrected chi connectivity index (χ3v) is 10.0. The largest absolute Gasteiger partial charge is 0.379 e. The van der Waals surface area contributed by atoms with Crippen LogP contribution in [0.3, 0.4) is 0 Å². The Bertz CT molecular complexity index is 1850. The van der Waals surface area contributed by atoms with E-state index in [1.165, 1.54) is 0 Å². The van der Waals surface area contributed by atoms with Crippen molar-refractivity contribution in [3.8, 4) is 11.3 Å². The lowest BCUT2D eigenvalue weighted by Gasteiger charge is -2.29. The fraction of sp³-hybridized carbons (Fsp3) is 0.333. The van der Waals surface area contributed by atoms with E-state index in [4.69, 9.17) is 4.74 Å². The molecule has 2 aliphatic heterocycles. The average molecular weight is 711 g/mol. The molecule has 3 aromatic carbocycles. The van der Waals surface area contributed by atoms with Gasteiger partial charge in [-0.25, -0.2) is 4.39 Å². The van der Waals surface area contributed by atoms with Gasteiger partial charge in [0.15, 0.2) is 0 Å². The van der Waals surface area contributed by atoms with Crippen LogP contribution in [0.25, 0.3) is 11.3 Å². The zero-order valence-corrected chi connectivity index (χ0v) is 29.6. The molecule has 0 atom stereocenters. The molecule has 0 radical (unpaired) electrons. The number of hydrogen-bond acceptors (Lipinski definition) is 8. The van der Waals surface area contributed by atoms with E-state index >= 15 is 0 Å². The number of halogens is 1. The first-order chi connectivity index (χ1) is 24.9. The first-order valence-corrected chi connectivity index (χ1v) is 18.4. The minimum absolute atomic E-state index is 0.156. The molecule has 4 aromatic rings. The molecule has 266 valence electrons. The van der Waals surface area contributed by atoms with E-state index in [-0.39, 0.29) is 24.3 Å². The van der Waals surface area contributed by atoms with Gasteiger partial charge in [0.2, 0.25) is 0 Å². The molecule has 0 bridgehead atoms. The summed E-state index contributed by atoms with van der Waals surface area (Å²) in [4.78, 5) is 51.1. The average Bonchev–Trinajstić information content (AvgIpc) is 3.19. The van der Waals surface area contributed by atoms with E-state index in [1.54, 1.807) is 72.7 Å². The Morgan fingerprint density at radius 2 is 1.61 bits per heavy atom. The first-order valence-electron chi connectivity index (χ1n) is 17.2. The van der Waals surface area contributed by atoms with Gasteiger partial charge in [-0.1, -0.05) is 30.3 Å². The summed E-state index contributed by atoms with van der Waals surface area (Å²) in [7, 11) is 1.77. The van der Waals surface area contributed by atoms with E-state index < -0.39 is 6.67 Å². The quantitative estimate of drug-likeness (QED) is 0.203. The van der Waals surface area contributed by atoms with Crippen LogP contribution >= 0.6 is 11.8 Å². The number of rotatable bonds is 12. The van der Waals surface area contributed by atoms with E-state index in [2.05, 4.69) is 25.4 Å². The Balaban J connectivity index is 1.20. The number of pyridine rings is 1. The van der Waals surface area contributed by atoms with Crippen molar-refractivity contribution in [3.63, 3.8) is 0 Å². The van der Waals surface area contributed by atoms with Crippen LogP contribution in [0, 0.1) is 0 Å². The molecule has 6 rings (SSSR count). The van der Waals surface area contributed by atoms with Crippen LogP contribution in [-0.2, 0) is 18.0 Å². The molecule has 2 N–H and O–H groups in total. The van der Waals surface area contributed by atoms with E-state index in [1.807, 2.05) is 36.0 Å². The first kappa shape index (κ1) is 36.0. The number of carbonyl (C=O) groups excluding carboxylic acids is 3. The molecule has 0 unspecified atom stereocenters. The maximum Gasteiger partial charge on any atom is 0.255 e. The molecule has 0 spiro atoms. The summed E-state index contributed by atoms with van der Waals surface area (Å²) in [5.41, 5.74) is 5.27. The number of morpholine rings is 1. The highest BCUT2D eigenvalue weighted by atomic mass is 32.2. The highest BCUT2D eigenvalue weighted by molar-refractivity contribution is 7.99. The maximum atomic E-state index is 13.7. The smallest absolute Gasteiger partial charge is 0.255 e. The monoisotopic (exact) mass is 710 g/mol. The van der Waals surface area contributed by atoms with Gasteiger partial charge in [-0.2, -0.15) is 11.8 Å². The van der Waals surface area contributed by atoms with Gasteiger partial charge in [0, 0.05) is 98.5 Å². The second-order valence-corrected chi connectivity index (χ2v) is 13.8. The van der Waals surface area contributed by atoms with E-state index in [0.717, 1.165) is 55.5 Å². The third-order valence-electron chi connectivity index (χ3n) is 9.10. The number of ether oxygens (including phenoxy) is 1. The van der Waals surface area contributed by atoms with Crippen molar-refractivity contribution >= 4 is 40.9 Å². The SMILES string of the molecule is CN(CCN1CCOCC1)C(=O)c1cccc(C(=O)Nc2ccc(N3CCSCC3)cc2-c2cc(C(=O)NCc3cccc(CF)c3)ccn2)c1. The zero-order valence-electron chi connectivity index (χ0n) is 28.8. The fourth-order valence-corrected chi connectivity index (χ4v) is 7.03. The van der Waals surface area contributed by atoms with Gasteiger partial charge >= 0.3 is 0 Å². The van der Waals surface area contributed by atoms with Crippen LogP contribution in [0.15, 0.2) is 85.1 Å². The number of likely N-dealkylation sites (N-methyl/N-ethyl adjacent to an activating group) is 1. The number of benzene rings is 3. The van der Waals surface area contributed by atoms with Crippen molar-refractivity contribution in [3.05, 3.63) is 113 Å². The highest BCUT2D eigenvalue weighted by Crippen LogP contribution is 2.33. The predicted molar refractivity (Wildman–Crippen MR) is 200 cm³/mol. The lowest BCUT2D eigenvalue weighted by atomic mass is 10.0. The van der Waals surface area contributed by atoms with Crippen molar-refractivity contribution in [1.82, 2.24) is 20.1 Å². The zero-order chi connectivity index (χ0) is 35.6. The summed E-state index contributed by atoms with van der Waals surface area (Å²) in [6.45, 7) is 5.90. The minimum atomic E-state index is -0.569. The summed E-state index contributed by atoms with van der Waals surface area (Å²) in [5, 5.41) is 5.96. The molecule has 51 heavy (non-hydrogen) atoms. The number of amides is 3. The Morgan fingerprint density at radius 1 is 0.863 bits per heavy atom. The Hall–Kier alpha value is -4.78. The van der Waals surface area contributed by atoms with Gasteiger partial charge < -0.3 is 25.2 Å². The molecule has 2 saturated heterocycles. The molecular weight excluding hydrogens is 668 g/mol. The van der Waals surface area contributed by atoms with Crippen LogP contribution in [0.2, 0.25) is 0 Å². The topological polar surface area (TPSA) is 107 Å². The van der Waals surface area contributed by atoms with Crippen LogP contribution in [-0.4, -0.2) is 104 Å². The third kappa shape index (κ3) is 9.52. The highest BCUT2D eigenvalue weighted by Gasteiger charge is 2.20. The van der Waals surface area contributed by atoms with Gasteiger partial charge in [-0.3, -0.25) is 24.3 Å². The molecule has 12 heteroatoms. The summed E-state index contributed by atoms with van der Waals surface area (Å²) >= 11 is 1.92. The predicted octanol–water partition coefficient (Wildman–Crippen LogP) is 5.36. The fourth-order valence-electron chi connectivity index (χ4n) is 6.12. The number of carbonyl (C=O) groups is 3. The number of nitrogens with one attached hydrogen (secondary N) is 2. The van der Waals surface area contributed by atoms with Gasteiger partial charge in [0.25, 0.3) is 17.7 Å². The molecule has 2 fully saturated rings. The van der Waals surface area contributed by atoms with Crippen molar-refractivity contribution in [1.29, 1.82) is 0 Å². The van der Waals surface area contributed by atoms with Gasteiger partial charge in [0.05, 0.1) is 24.6 Å². The van der Waals surface area contributed by atoms with Crippen LogP contribution in [0.4, 0.5) is 15.8 Å². The molecule has 0 aliphatic carbocycles. The molecule has 3 heterocycles. The number of thioether (sulfide) groups is 1. The second-order valence-electron chi connectivity index (χ2n) is 12.6. The lowest BCUT2D eigenvalue weighted by Crippen LogP contribution is -2.41. The molecule has 3 amide bonds. The van der Waals surface area contributed by atoms with Crippen LogP contribution < -0.4 is 15.5 Å². The lowest BCUT2D eigenvalue weighted by molar-refractivity contribution is 0.0338. The Morgan fingerprint density at radius 3 is 2.41 bits per heavy atom. The number of hydrogen-bond donors (Lipinski definition) is 2. The Kier molecular flexibility index (Phi) is 12.3. The number of aromatic nitrogens is 1. The Labute approximate surface area is 302 Å². The van der Waals surface area contributed by atoms with Gasteiger partial charge in [-0.15, -0.1) is 0 Å². The second kappa shape index (κ2) is 17.4. The number of anilines is 2. The molecule has 10 nitrogen and oxygen atoms in total. The summed E-state index contributed by atoms with van der Waals surface area (Å²) in [5.74, 6) is 1.22. The van der Waals surface area contributed by atoms with Gasteiger partial charge in [0.1, 0.15) is 6.67 Å². The standard InChI is InChI=1S/C39H43FN6O4S/c1-44(12-13-45-14-18-50-19-15-45)39(49)32-7-3-6-30(23-32)38(48)43-35-9-8-33(46-16-20-51-21-17-46)25-34(35)36-24-31(10-11-41-36)37(47)42-27-29-5-2-4-28(22-29)26-40/h2-11,22-25H,12-21,26-27H2,1H3,(H,42,47)(H,43,48). The van der Waals surface area contributed by atoms with E-state index in [9.17, 15) is 18.8 Å². The van der Waals surface area contributed by atoms with E-state index in [0.29, 0.717) is 59.0 Å². The summed E-state index contributed by atoms with van der Waals surface area (Å²) in [6, 6.07) is 23.0. The van der Waals surface area contributed by atoms with Crippen LogP contribution in [0.5, 0.6) is 0 Å². The molecule has 2 aliphatic rings. The van der Waals surface area contributed by atoms with Crippen molar-refractivity contribution in [2.24, 2.45) is 0 Å². The van der Waals surface area contributed by atoms with Crippen LogP contribution in [0.1, 0.15) is 42.2 Å². The van der Waals surface area contributed by atoms with Crippen molar-refractivity contribution < 1.29 is 23.5 Å². The summed E-state index contributed by atoms with van der Waals surface area (Å²) in [6.07, 6.45) is 1.58.